The largest absolute Gasteiger partial charge is 0.456 e. The number of carbonyl (C=O) groups is 2. The van der Waals surface area contributed by atoms with Crippen molar-refractivity contribution in [2.24, 2.45) is 0 Å². The summed E-state index contributed by atoms with van der Waals surface area (Å²) < 4.78 is 6.38. The summed E-state index contributed by atoms with van der Waals surface area (Å²) in [5.41, 5.74) is 3.10. The van der Waals surface area contributed by atoms with Gasteiger partial charge in [0.15, 0.2) is 6.61 Å². The van der Waals surface area contributed by atoms with E-state index >= 15 is 0 Å². The molecule has 144 valence electrons. The number of ether oxygens (including phenoxy) is 1. The van der Waals surface area contributed by atoms with Crippen molar-refractivity contribution in [1.82, 2.24) is 4.98 Å². The molecule has 2 heterocycles. The topological polar surface area (TPSA) is 59.5 Å². The minimum absolute atomic E-state index is 0.160. The monoisotopic (exact) mass is 394 g/mol. The lowest BCUT2D eigenvalue weighted by atomic mass is 10.0. The average Bonchev–Trinajstić information content (AvgIpc) is 3.14. The Morgan fingerprint density at radius 2 is 1.93 bits per heavy atom. The summed E-state index contributed by atoms with van der Waals surface area (Å²) in [6, 6.07) is 15.9. The molecule has 0 saturated carbocycles. The Kier molecular flexibility index (Phi) is 5.67. The zero-order valence-corrected chi connectivity index (χ0v) is 16.4. The summed E-state index contributed by atoms with van der Waals surface area (Å²) in [6.07, 6.45) is 3.60. The standard InChI is InChI=1S/C22H22N2O3S/c25-21(24-14-6-8-16-7-1-3-10-18(16)24)15-27-22(26)13-5-12-20-23-17-9-2-4-11-19(17)28-20/h1-4,7,9-11H,5-6,8,12-15H2. The van der Waals surface area contributed by atoms with Crippen LogP contribution in [0.15, 0.2) is 48.5 Å². The lowest BCUT2D eigenvalue weighted by Crippen LogP contribution is -2.38. The average molecular weight is 394 g/mol. The van der Waals surface area contributed by atoms with Crippen molar-refractivity contribution in [2.45, 2.75) is 32.1 Å². The van der Waals surface area contributed by atoms with Crippen molar-refractivity contribution < 1.29 is 14.3 Å². The van der Waals surface area contributed by atoms with Gasteiger partial charge in [0.1, 0.15) is 0 Å². The van der Waals surface area contributed by atoms with Gasteiger partial charge >= 0.3 is 5.97 Å². The number of amides is 1. The van der Waals surface area contributed by atoms with Crippen molar-refractivity contribution in [3.63, 3.8) is 0 Å². The van der Waals surface area contributed by atoms with Crippen LogP contribution < -0.4 is 4.90 Å². The van der Waals surface area contributed by atoms with Gasteiger partial charge in [0.2, 0.25) is 0 Å². The summed E-state index contributed by atoms with van der Waals surface area (Å²) in [4.78, 5) is 30.8. The van der Waals surface area contributed by atoms with Gasteiger partial charge in [-0.1, -0.05) is 30.3 Å². The van der Waals surface area contributed by atoms with Crippen LogP contribution in [0.3, 0.4) is 0 Å². The van der Waals surface area contributed by atoms with Crippen molar-refractivity contribution >= 4 is 39.1 Å². The van der Waals surface area contributed by atoms with Gasteiger partial charge in [-0.05, 0) is 49.4 Å². The highest BCUT2D eigenvalue weighted by Crippen LogP contribution is 2.27. The molecule has 6 heteroatoms. The second-order valence-corrected chi connectivity index (χ2v) is 7.98. The van der Waals surface area contributed by atoms with Gasteiger partial charge in [-0.15, -0.1) is 11.3 Å². The lowest BCUT2D eigenvalue weighted by molar-refractivity contribution is -0.147. The molecule has 0 atom stereocenters. The molecule has 28 heavy (non-hydrogen) atoms. The molecule has 0 bridgehead atoms. The number of aryl methyl sites for hydroxylation is 2. The molecule has 1 amide bonds. The molecule has 0 saturated heterocycles. The Labute approximate surface area is 168 Å². The SMILES string of the molecule is O=C(CCCc1nc2ccccc2s1)OCC(=O)N1CCCc2ccccc21. The second kappa shape index (κ2) is 8.52. The van der Waals surface area contributed by atoms with E-state index in [0.29, 0.717) is 19.4 Å². The minimum Gasteiger partial charge on any atom is -0.456 e. The van der Waals surface area contributed by atoms with E-state index in [-0.39, 0.29) is 18.5 Å². The van der Waals surface area contributed by atoms with E-state index in [1.807, 2.05) is 42.5 Å². The van der Waals surface area contributed by atoms with E-state index in [1.54, 1.807) is 16.2 Å². The molecule has 4 rings (SSSR count). The van der Waals surface area contributed by atoms with Gasteiger partial charge in [-0.2, -0.15) is 0 Å². The fourth-order valence-corrected chi connectivity index (χ4v) is 4.50. The molecule has 5 nitrogen and oxygen atoms in total. The number of nitrogens with zero attached hydrogens (tertiary/aromatic N) is 2. The quantitative estimate of drug-likeness (QED) is 0.590. The van der Waals surface area contributed by atoms with Gasteiger partial charge in [0.05, 0.1) is 15.2 Å². The van der Waals surface area contributed by atoms with Crippen LogP contribution in [-0.2, 0) is 27.2 Å². The number of thiazole rings is 1. The maximum Gasteiger partial charge on any atom is 0.306 e. The van der Waals surface area contributed by atoms with Crippen LogP contribution >= 0.6 is 11.3 Å². The maximum atomic E-state index is 12.5. The molecule has 2 aromatic carbocycles. The van der Waals surface area contributed by atoms with Crippen LogP contribution in [0.2, 0.25) is 0 Å². The number of benzene rings is 2. The predicted octanol–water partition coefficient (Wildman–Crippen LogP) is 4.14. The third kappa shape index (κ3) is 4.22. The van der Waals surface area contributed by atoms with E-state index < -0.39 is 0 Å². The summed E-state index contributed by atoms with van der Waals surface area (Å²) in [6.45, 7) is 0.472. The van der Waals surface area contributed by atoms with Crippen LogP contribution in [0.5, 0.6) is 0 Å². The Morgan fingerprint density at radius 1 is 1.11 bits per heavy atom. The number of para-hydroxylation sites is 2. The highest BCUT2D eigenvalue weighted by molar-refractivity contribution is 7.18. The van der Waals surface area contributed by atoms with Crippen LogP contribution in [0, 0.1) is 0 Å². The first-order valence-electron chi connectivity index (χ1n) is 9.59. The second-order valence-electron chi connectivity index (χ2n) is 6.87. The normalized spacial score (nSPS) is 13.4. The number of rotatable bonds is 6. The van der Waals surface area contributed by atoms with Crippen molar-refractivity contribution in [3.8, 4) is 0 Å². The molecule has 0 spiro atoms. The smallest absolute Gasteiger partial charge is 0.306 e. The Balaban J connectivity index is 1.24. The van der Waals surface area contributed by atoms with Gasteiger partial charge in [0, 0.05) is 18.7 Å². The van der Waals surface area contributed by atoms with E-state index in [4.69, 9.17) is 4.74 Å². The van der Waals surface area contributed by atoms with Crippen LogP contribution in [0.4, 0.5) is 5.69 Å². The number of aromatic nitrogens is 1. The van der Waals surface area contributed by atoms with E-state index in [9.17, 15) is 9.59 Å². The number of anilines is 1. The van der Waals surface area contributed by atoms with Crippen molar-refractivity contribution in [1.29, 1.82) is 0 Å². The van der Waals surface area contributed by atoms with Gasteiger partial charge in [0.25, 0.3) is 5.91 Å². The van der Waals surface area contributed by atoms with E-state index in [0.717, 1.165) is 40.2 Å². The molecule has 1 aromatic heterocycles. The summed E-state index contributed by atoms with van der Waals surface area (Å²) in [5, 5.41) is 1.02. The predicted molar refractivity (Wildman–Crippen MR) is 111 cm³/mol. The maximum absolute atomic E-state index is 12.5. The third-order valence-electron chi connectivity index (χ3n) is 4.88. The van der Waals surface area contributed by atoms with Gasteiger partial charge < -0.3 is 9.64 Å². The van der Waals surface area contributed by atoms with E-state index in [1.165, 1.54) is 5.56 Å². The molecule has 3 aromatic rings. The fourth-order valence-electron chi connectivity index (χ4n) is 3.50. The third-order valence-corrected chi connectivity index (χ3v) is 5.97. The summed E-state index contributed by atoms with van der Waals surface area (Å²) in [7, 11) is 0. The van der Waals surface area contributed by atoms with Crippen molar-refractivity contribution in [3.05, 3.63) is 59.1 Å². The highest BCUT2D eigenvalue weighted by atomic mass is 32.1. The lowest BCUT2D eigenvalue weighted by Gasteiger charge is -2.29. The molecule has 1 aliphatic heterocycles. The van der Waals surface area contributed by atoms with Gasteiger partial charge in [-0.3, -0.25) is 9.59 Å². The number of hydrogen-bond acceptors (Lipinski definition) is 5. The van der Waals surface area contributed by atoms with Crippen LogP contribution in [-0.4, -0.2) is 30.0 Å². The fraction of sp³-hybridized carbons (Fsp3) is 0.318. The first-order chi connectivity index (χ1) is 13.7. The number of carbonyl (C=O) groups excluding carboxylic acids is 2. The van der Waals surface area contributed by atoms with Crippen LogP contribution in [0.25, 0.3) is 10.2 Å². The minimum atomic E-state index is -0.334. The molecule has 0 aliphatic carbocycles. The first kappa shape index (κ1) is 18.6. The number of esters is 1. The highest BCUT2D eigenvalue weighted by Gasteiger charge is 2.22. The van der Waals surface area contributed by atoms with Crippen molar-refractivity contribution in [2.75, 3.05) is 18.1 Å². The Morgan fingerprint density at radius 3 is 2.82 bits per heavy atom. The molecular formula is C22H22N2O3S. The zero-order chi connectivity index (χ0) is 19.3. The molecule has 0 unspecified atom stereocenters. The molecule has 0 fully saturated rings. The van der Waals surface area contributed by atoms with E-state index in [2.05, 4.69) is 11.1 Å². The summed E-state index contributed by atoms with van der Waals surface area (Å²) >= 11 is 1.66. The molecule has 0 radical (unpaired) electrons. The molecule has 0 N–H and O–H groups in total. The Hall–Kier alpha value is -2.73. The van der Waals surface area contributed by atoms with Gasteiger partial charge in [-0.25, -0.2) is 4.98 Å². The Bertz CT molecular complexity index is 965. The number of hydrogen-bond donors (Lipinski definition) is 0. The molecular weight excluding hydrogens is 372 g/mol. The first-order valence-corrected chi connectivity index (χ1v) is 10.4. The van der Waals surface area contributed by atoms with Crippen LogP contribution in [0.1, 0.15) is 29.8 Å². The summed E-state index contributed by atoms with van der Waals surface area (Å²) in [5.74, 6) is -0.494. The number of fused-ring (bicyclic) bond motifs is 2. The molecule has 1 aliphatic rings. The zero-order valence-electron chi connectivity index (χ0n) is 15.6.